The van der Waals surface area contributed by atoms with Gasteiger partial charge in [-0.3, -0.25) is 5.10 Å². The summed E-state index contributed by atoms with van der Waals surface area (Å²) in [6.07, 6.45) is 0. The quantitative estimate of drug-likeness (QED) is 0.739. The van der Waals surface area contributed by atoms with Crippen molar-refractivity contribution in [1.29, 1.82) is 5.26 Å². The number of hydrogen-bond donors (Lipinski definition) is 2. The van der Waals surface area contributed by atoms with Crippen LogP contribution in [0.3, 0.4) is 0 Å². The lowest BCUT2D eigenvalue weighted by atomic mass is 9.82. The zero-order valence-corrected chi connectivity index (χ0v) is 13.3. The number of aromatic amines is 1. The molecule has 1 aliphatic heterocycles. The molecular formula is C19H12F2N4O. The number of aromatic nitrogens is 2. The van der Waals surface area contributed by atoms with Gasteiger partial charge in [0.2, 0.25) is 11.8 Å². The Morgan fingerprint density at radius 3 is 2.65 bits per heavy atom. The van der Waals surface area contributed by atoms with Crippen molar-refractivity contribution in [3.8, 4) is 23.2 Å². The molecule has 0 aliphatic carbocycles. The second kappa shape index (κ2) is 6.01. The van der Waals surface area contributed by atoms with Crippen molar-refractivity contribution in [3.05, 3.63) is 82.7 Å². The molecule has 0 fully saturated rings. The van der Waals surface area contributed by atoms with Gasteiger partial charge in [0.1, 0.15) is 23.3 Å². The van der Waals surface area contributed by atoms with Crippen molar-refractivity contribution in [2.75, 3.05) is 0 Å². The van der Waals surface area contributed by atoms with Crippen LogP contribution in [-0.4, -0.2) is 10.2 Å². The van der Waals surface area contributed by atoms with E-state index in [1.54, 1.807) is 0 Å². The summed E-state index contributed by atoms with van der Waals surface area (Å²) in [6, 6.07) is 14.2. The zero-order chi connectivity index (χ0) is 18.3. The Morgan fingerprint density at radius 2 is 1.92 bits per heavy atom. The molecule has 3 aromatic rings. The van der Waals surface area contributed by atoms with Crippen molar-refractivity contribution < 1.29 is 13.5 Å². The first kappa shape index (κ1) is 15.8. The lowest BCUT2D eigenvalue weighted by molar-refractivity contribution is 0.378. The average Bonchev–Trinajstić information content (AvgIpc) is 3.06. The van der Waals surface area contributed by atoms with E-state index in [0.717, 1.165) is 23.8 Å². The number of nitrogens with one attached hydrogen (secondary N) is 1. The minimum atomic E-state index is -0.937. The minimum Gasteiger partial charge on any atom is -0.420 e. The van der Waals surface area contributed by atoms with Crippen molar-refractivity contribution in [1.82, 2.24) is 10.2 Å². The highest BCUT2D eigenvalue weighted by molar-refractivity contribution is 5.70. The Kier molecular flexibility index (Phi) is 3.66. The highest BCUT2D eigenvalue weighted by Crippen LogP contribution is 2.46. The number of ether oxygens (including phenoxy) is 1. The lowest BCUT2D eigenvalue weighted by Gasteiger charge is -2.24. The molecule has 3 N–H and O–H groups in total. The molecule has 2 aromatic carbocycles. The number of halogens is 2. The predicted molar refractivity (Wildman–Crippen MR) is 89.7 cm³/mol. The van der Waals surface area contributed by atoms with E-state index in [9.17, 15) is 14.0 Å². The van der Waals surface area contributed by atoms with E-state index in [1.165, 1.54) is 0 Å². The molecule has 5 nitrogen and oxygen atoms in total. The first-order chi connectivity index (χ1) is 12.6. The number of nitriles is 1. The number of H-pyrrole nitrogens is 1. The maximum absolute atomic E-state index is 14.5. The molecule has 0 bridgehead atoms. The fourth-order valence-corrected chi connectivity index (χ4v) is 3.12. The van der Waals surface area contributed by atoms with Gasteiger partial charge in [0.25, 0.3) is 0 Å². The fraction of sp³-hybridized carbons (Fsp3) is 0.0526. The largest absolute Gasteiger partial charge is 0.420 e. The smallest absolute Gasteiger partial charge is 0.244 e. The van der Waals surface area contributed by atoms with Gasteiger partial charge >= 0.3 is 0 Å². The number of hydrogen-bond acceptors (Lipinski definition) is 4. The molecule has 4 rings (SSSR count). The van der Waals surface area contributed by atoms with E-state index < -0.39 is 17.6 Å². The fourth-order valence-electron chi connectivity index (χ4n) is 3.12. The van der Waals surface area contributed by atoms with Crippen molar-refractivity contribution in [2.24, 2.45) is 5.73 Å². The van der Waals surface area contributed by atoms with Gasteiger partial charge < -0.3 is 10.5 Å². The molecule has 0 radical (unpaired) electrons. The third-order valence-corrected chi connectivity index (χ3v) is 4.27. The molecular weight excluding hydrogens is 338 g/mol. The van der Waals surface area contributed by atoms with Crippen LogP contribution in [0.4, 0.5) is 8.78 Å². The third kappa shape index (κ3) is 2.40. The number of benzene rings is 2. The Hall–Kier alpha value is -3.66. The highest BCUT2D eigenvalue weighted by atomic mass is 19.1. The van der Waals surface area contributed by atoms with Crippen LogP contribution in [0.2, 0.25) is 0 Å². The Labute approximate surface area is 147 Å². The Balaban J connectivity index is 2.00. The van der Waals surface area contributed by atoms with Crippen molar-refractivity contribution in [2.45, 2.75) is 5.92 Å². The van der Waals surface area contributed by atoms with Crippen LogP contribution >= 0.6 is 0 Å². The monoisotopic (exact) mass is 350 g/mol. The molecule has 1 atom stereocenters. The molecule has 128 valence electrons. The third-order valence-electron chi connectivity index (χ3n) is 4.27. The predicted octanol–water partition coefficient (Wildman–Crippen LogP) is 3.57. The van der Waals surface area contributed by atoms with Gasteiger partial charge in [0.15, 0.2) is 0 Å². The van der Waals surface area contributed by atoms with Crippen molar-refractivity contribution >= 4 is 0 Å². The molecule has 2 heterocycles. The summed E-state index contributed by atoms with van der Waals surface area (Å²) in [5.41, 5.74) is 7.58. The molecule has 7 heteroatoms. The molecule has 0 amide bonds. The van der Waals surface area contributed by atoms with Crippen LogP contribution in [0, 0.1) is 23.0 Å². The molecule has 0 saturated heterocycles. The Morgan fingerprint density at radius 1 is 1.15 bits per heavy atom. The molecule has 1 aromatic heterocycles. The normalized spacial score (nSPS) is 16.0. The first-order valence-electron chi connectivity index (χ1n) is 7.76. The molecule has 0 spiro atoms. The van der Waals surface area contributed by atoms with Gasteiger partial charge in [-0.2, -0.15) is 5.26 Å². The first-order valence-corrected chi connectivity index (χ1v) is 7.76. The van der Waals surface area contributed by atoms with E-state index in [0.29, 0.717) is 11.3 Å². The van der Waals surface area contributed by atoms with Crippen LogP contribution in [0.15, 0.2) is 60.0 Å². The van der Waals surface area contributed by atoms with Crippen LogP contribution in [-0.2, 0) is 0 Å². The second-order valence-electron chi connectivity index (χ2n) is 5.77. The SMILES string of the molecule is N#CC1=C(N)Oc2n[nH]c(-c3ccccc3)c2[C@H]1c1cc(F)ccc1F. The van der Waals surface area contributed by atoms with Gasteiger partial charge in [-0.25, -0.2) is 8.78 Å². The number of fused-ring (bicyclic) bond motifs is 1. The van der Waals surface area contributed by atoms with Crippen LogP contribution in [0.5, 0.6) is 5.88 Å². The number of rotatable bonds is 2. The topological polar surface area (TPSA) is 87.7 Å². The maximum atomic E-state index is 14.5. The lowest BCUT2D eigenvalue weighted by Crippen LogP contribution is -2.21. The molecule has 26 heavy (non-hydrogen) atoms. The van der Waals surface area contributed by atoms with Gasteiger partial charge in [-0.15, -0.1) is 5.10 Å². The number of allylic oxidation sites excluding steroid dienone is 1. The summed E-state index contributed by atoms with van der Waals surface area (Å²) in [5.74, 6) is -2.25. The summed E-state index contributed by atoms with van der Waals surface area (Å²) in [4.78, 5) is 0. The van der Waals surface area contributed by atoms with Gasteiger partial charge in [-0.05, 0) is 23.8 Å². The summed E-state index contributed by atoms with van der Waals surface area (Å²) < 4.78 is 33.8. The van der Waals surface area contributed by atoms with Gasteiger partial charge in [-0.1, -0.05) is 30.3 Å². The standard InChI is InChI=1S/C19H12F2N4O/c20-11-6-7-14(21)12(8-11)15-13(9-22)18(23)26-19-16(15)17(24-25-19)10-4-2-1-3-5-10/h1-8,15H,23H2,(H,24,25)/t15-/m0/s1. The summed E-state index contributed by atoms with van der Waals surface area (Å²) in [7, 11) is 0. The maximum Gasteiger partial charge on any atom is 0.244 e. The van der Waals surface area contributed by atoms with Gasteiger partial charge in [0, 0.05) is 5.56 Å². The van der Waals surface area contributed by atoms with E-state index in [-0.39, 0.29) is 22.9 Å². The molecule has 0 saturated carbocycles. The summed E-state index contributed by atoms with van der Waals surface area (Å²) in [5, 5.41) is 16.5. The summed E-state index contributed by atoms with van der Waals surface area (Å²) >= 11 is 0. The second-order valence-corrected chi connectivity index (χ2v) is 5.77. The Bertz CT molecular complexity index is 1070. The summed E-state index contributed by atoms with van der Waals surface area (Å²) in [6.45, 7) is 0. The average molecular weight is 350 g/mol. The van der Waals surface area contributed by atoms with Crippen LogP contribution in [0.25, 0.3) is 11.3 Å². The number of nitrogens with two attached hydrogens (primary N) is 1. The highest BCUT2D eigenvalue weighted by Gasteiger charge is 2.37. The minimum absolute atomic E-state index is 0.000538. The van der Waals surface area contributed by atoms with Crippen molar-refractivity contribution in [3.63, 3.8) is 0 Å². The van der Waals surface area contributed by atoms with Crippen LogP contribution < -0.4 is 10.5 Å². The molecule has 0 unspecified atom stereocenters. The molecule has 1 aliphatic rings. The van der Waals surface area contributed by atoms with E-state index in [4.69, 9.17) is 10.5 Å². The van der Waals surface area contributed by atoms with Crippen LogP contribution in [0.1, 0.15) is 17.0 Å². The van der Waals surface area contributed by atoms with E-state index in [2.05, 4.69) is 10.2 Å². The van der Waals surface area contributed by atoms with E-state index in [1.807, 2.05) is 36.4 Å². The zero-order valence-electron chi connectivity index (χ0n) is 13.3. The number of nitrogens with zero attached hydrogens (tertiary/aromatic N) is 2. The van der Waals surface area contributed by atoms with E-state index >= 15 is 0 Å². The van der Waals surface area contributed by atoms with Gasteiger partial charge in [0.05, 0.1) is 17.2 Å².